The Kier molecular flexibility index (Phi) is 4.65. The maximum absolute atomic E-state index is 12.7. The number of aromatic nitrogens is 1. The number of fused-ring (bicyclic) bond motifs is 1. The van der Waals surface area contributed by atoms with Crippen molar-refractivity contribution in [2.45, 2.75) is 13.1 Å². The Labute approximate surface area is 171 Å². The summed E-state index contributed by atoms with van der Waals surface area (Å²) >= 11 is 1.07. The number of carbonyl (C=O) groups is 3. The van der Waals surface area contributed by atoms with E-state index in [9.17, 15) is 27.6 Å². The third-order valence-electron chi connectivity index (χ3n) is 4.38. The third kappa shape index (κ3) is 3.35. The van der Waals surface area contributed by atoms with Gasteiger partial charge in [-0.1, -0.05) is 29.3 Å². The molecule has 0 bridgehead atoms. The van der Waals surface area contributed by atoms with Crippen molar-refractivity contribution in [1.29, 1.82) is 0 Å². The van der Waals surface area contributed by atoms with Gasteiger partial charge in [-0.2, -0.15) is 13.2 Å². The molecule has 0 unspecified atom stereocenters. The first kappa shape index (κ1) is 19.8. The van der Waals surface area contributed by atoms with Crippen LogP contribution >= 0.6 is 11.3 Å². The van der Waals surface area contributed by atoms with E-state index in [2.05, 4.69) is 4.98 Å². The fraction of sp³-hybridized carbons (Fsp3) is 0.100. The van der Waals surface area contributed by atoms with Gasteiger partial charge in [0, 0.05) is 10.4 Å². The molecule has 0 atom stereocenters. The number of rotatable bonds is 3. The molecule has 1 aliphatic rings. The van der Waals surface area contributed by atoms with Gasteiger partial charge in [0.25, 0.3) is 11.8 Å². The summed E-state index contributed by atoms with van der Waals surface area (Å²) in [5.41, 5.74) is -0.307. The predicted octanol–water partition coefficient (Wildman–Crippen LogP) is 4.51. The van der Waals surface area contributed by atoms with Crippen molar-refractivity contribution in [2.75, 3.05) is 0 Å². The molecule has 0 spiro atoms. The molecule has 10 heteroatoms. The van der Waals surface area contributed by atoms with Gasteiger partial charge in [-0.25, -0.2) is 9.78 Å². The van der Waals surface area contributed by atoms with Crippen molar-refractivity contribution in [1.82, 2.24) is 10.0 Å². The van der Waals surface area contributed by atoms with Crippen LogP contribution in [0.15, 0.2) is 48.5 Å². The molecule has 2 heterocycles. The van der Waals surface area contributed by atoms with E-state index in [4.69, 9.17) is 4.84 Å². The zero-order chi connectivity index (χ0) is 21.6. The summed E-state index contributed by atoms with van der Waals surface area (Å²) in [6, 6.07) is 10.4. The second-order valence-electron chi connectivity index (χ2n) is 6.33. The maximum atomic E-state index is 12.7. The van der Waals surface area contributed by atoms with Gasteiger partial charge in [-0.3, -0.25) is 9.59 Å². The number of amides is 2. The van der Waals surface area contributed by atoms with Gasteiger partial charge >= 0.3 is 12.1 Å². The van der Waals surface area contributed by atoms with E-state index in [-0.39, 0.29) is 16.8 Å². The Morgan fingerprint density at radius 2 is 1.57 bits per heavy atom. The summed E-state index contributed by atoms with van der Waals surface area (Å²) < 4.78 is 38.2. The van der Waals surface area contributed by atoms with Gasteiger partial charge in [-0.05, 0) is 31.2 Å². The average Bonchev–Trinajstić information content (AvgIpc) is 3.21. The van der Waals surface area contributed by atoms with Crippen molar-refractivity contribution >= 4 is 29.1 Å². The lowest BCUT2D eigenvalue weighted by Gasteiger charge is -2.11. The first-order chi connectivity index (χ1) is 14.2. The summed E-state index contributed by atoms with van der Waals surface area (Å²) in [7, 11) is 0. The van der Waals surface area contributed by atoms with Crippen molar-refractivity contribution in [3.05, 3.63) is 75.8 Å². The highest BCUT2D eigenvalue weighted by Gasteiger charge is 2.39. The summed E-state index contributed by atoms with van der Waals surface area (Å²) in [6.07, 6.45) is -4.46. The van der Waals surface area contributed by atoms with Gasteiger partial charge in [0.15, 0.2) is 5.69 Å². The van der Waals surface area contributed by atoms with Crippen LogP contribution in [-0.2, 0) is 11.0 Å². The Balaban J connectivity index is 1.56. The molecule has 2 amide bonds. The molecule has 0 N–H and O–H groups in total. The second-order valence-corrected chi connectivity index (χ2v) is 7.53. The number of nitrogens with zero attached hydrogens (tertiary/aromatic N) is 2. The highest BCUT2D eigenvalue weighted by atomic mass is 32.1. The van der Waals surface area contributed by atoms with Crippen LogP contribution in [0.2, 0.25) is 0 Å². The smallest absolute Gasteiger partial charge is 0.322 e. The number of hydroxylamine groups is 2. The van der Waals surface area contributed by atoms with E-state index in [1.165, 1.54) is 24.3 Å². The maximum Gasteiger partial charge on any atom is 0.416 e. The van der Waals surface area contributed by atoms with Crippen LogP contribution in [0.3, 0.4) is 0 Å². The molecule has 0 fully saturated rings. The SMILES string of the molecule is Cc1sc(-c2ccc(C(F)(F)F)cc2)nc1C(=O)ON1C(=O)c2ccccc2C1=O. The van der Waals surface area contributed by atoms with Gasteiger partial charge in [0.1, 0.15) is 5.01 Å². The lowest BCUT2D eigenvalue weighted by Crippen LogP contribution is -2.33. The van der Waals surface area contributed by atoms with E-state index in [1.54, 1.807) is 19.1 Å². The number of benzene rings is 2. The van der Waals surface area contributed by atoms with E-state index in [0.29, 0.717) is 20.5 Å². The zero-order valence-corrected chi connectivity index (χ0v) is 16.0. The molecule has 4 rings (SSSR count). The van der Waals surface area contributed by atoms with Crippen molar-refractivity contribution < 1.29 is 32.4 Å². The Bertz CT molecular complexity index is 1150. The van der Waals surface area contributed by atoms with Crippen LogP contribution < -0.4 is 0 Å². The van der Waals surface area contributed by atoms with Crippen molar-refractivity contribution in [3.8, 4) is 10.6 Å². The van der Waals surface area contributed by atoms with Crippen LogP contribution in [0.1, 0.15) is 41.6 Å². The molecule has 1 aliphatic heterocycles. The standard InChI is InChI=1S/C20H11F3N2O4S/c1-10-15(24-16(30-10)11-6-8-12(9-7-11)20(21,22)23)19(28)29-25-17(26)13-4-2-3-5-14(13)18(25)27/h2-9H,1H3. The monoisotopic (exact) mass is 432 g/mol. The summed E-state index contributed by atoms with van der Waals surface area (Å²) in [4.78, 5) is 46.7. The molecular weight excluding hydrogens is 421 g/mol. The van der Waals surface area contributed by atoms with Crippen molar-refractivity contribution in [2.24, 2.45) is 0 Å². The molecule has 0 saturated carbocycles. The highest BCUT2D eigenvalue weighted by molar-refractivity contribution is 7.15. The Morgan fingerprint density at radius 3 is 2.10 bits per heavy atom. The lowest BCUT2D eigenvalue weighted by molar-refractivity contribution is -0.137. The Hall–Kier alpha value is -3.53. The highest BCUT2D eigenvalue weighted by Crippen LogP contribution is 2.33. The molecule has 6 nitrogen and oxygen atoms in total. The average molecular weight is 432 g/mol. The summed E-state index contributed by atoms with van der Waals surface area (Å²) in [6.45, 7) is 1.57. The van der Waals surface area contributed by atoms with Gasteiger partial charge in [0.05, 0.1) is 16.7 Å². The minimum Gasteiger partial charge on any atom is -0.322 e. The zero-order valence-electron chi connectivity index (χ0n) is 15.2. The van der Waals surface area contributed by atoms with E-state index >= 15 is 0 Å². The molecule has 0 radical (unpaired) electrons. The fourth-order valence-electron chi connectivity index (χ4n) is 2.89. The Morgan fingerprint density at radius 1 is 1.00 bits per heavy atom. The number of imide groups is 1. The van der Waals surface area contributed by atoms with Crippen LogP contribution in [0, 0.1) is 6.92 Å². The van der Waals surface area contributed by atoms with Crippen LogP contribution in [-0.4, -0.2) is 27.8 Å². The fourth-order valence-corrected chi connectivity index (χ4v) is 3.79. The first-order valence-electron chi connectivity index (χ1n) is 8.52. The topological polar surface area (TPSA) is 76.6 Å². The number of aryl methyl sites for hydroxylation is 1. The number of hydrogen-bond acceptors (Lipinski definition) is 6. The number of alkyl halides is 3. The van der Waals surface area contributed by atoms with Crippen molar-refractivity contribution in [3.63, 3.8) is 0 Å². The first-order valence-corrected chi connectivity index (χ1v) is 9.33. The molecule has 2 aromatic carbocycles. The molecule has 152 valence electrons. The molecule has 0 aliphatic carbocycles. The normalized spacial score (nSPS) is 13.5. The van der Waals surface area contributed by atoms with Crippen LogP contribution in [0.4, 0.5) is 13.2 Å². The number of halogens is 3. The number of thiazole rings is 1. The van der Waals surface area contributed by atoms with E-state index < -0.39 is 29.5 Å². The summed E-state index contributed by atoms with van der Waals surface area (Å²) in [5.74, 6) is -2.55. The largest absolute Gasteiger partial charge is 0.416 e. The van der Waals surface area contributed by atoms with E-state index in [1.807, 2.05) is 0 Å². The lowest BCUT2D eigenvalue weighted by atomic mass is 10.1. The van der Waals surface area contributed by atoms with Gasteiger partial charge < -0.3 is 4.84 Å². The minimum absolute atomic E-state index is 0.121. The van der Waals surface area contributed by atoms with Gasteiger partial charge in [-0.15, -0.1) is 11.3 Å². The molecule has 0 saturated heterocycles. The molecule has 1 aromatic heterocycles. The number of hydrogen-bond donors (Lipinski definition) is 0. The summed E-state index contributed by atoms with van der Waals surface area (Å²) in [5, 5.41) is 0.680. The molecule has 3 aromatic rings. The molecular formula is C20H11F3N2O4S. The van der Waals surface area contributed by atoms with Gasteiger partial charge in [0.2, 0.25) is 0 Å². The predicted molar refractivity (Wildman–Crippen MR) is 99.6 cm³/mol. The second kappa shape index (κ2) is 7.06. The molecule has 30 heavy (non-hydrogen) atoms. The quantitative estimate of drug-likeness (QED) is 0.570. The minimum atomic E-state index is -4.46. The van der Waals surface area contributed by atoms with Crippen LogP contribution in [0.25, 0.3) is 10.6 Å². The third-order valence-corrected chi connectivity index (χ3v) is 5.40. The van der Waals surface area contributed by atoms with Crippen LogP contribution in [0.5, 0.6) is 0 Å². The number of carbonyl (C=O) groups excluding carboxylic acids is 3. The van der Waals surface area contributed by atoms with E-state index in [0.717, 1.165) is 23.5 Å².